The topological polar surface area (TPSA) is 104 Å². The third-order valence-electron chi connectivity index (χ3n) is 3.11. The maximum absolute atomic E-state index is 11.8. The van der Waals surface area contributed by atoms with E-state index in [1.807, 2.05) is 0 Å². The minimum Gasteiger partial charge on any atom is -0.467 e. The highest BCUT2D eigenvalue weighted by Gasteiger charge is 2.18. The van der Waals surface area contributed by atoms with Gasteiger partial charge in [-0.05, 0) is 25.1 Å². The number of hydrogen-bond acceptors (Lipinski definition) is 6. The Kier molecular flexibility index (Phi) is 4.31. The van der Waals surface area contributed by atoms with E-state index in [0.717, 1.165) is 4.68 Å². The molecule has 1 atom stereocenters. The van der Waals surface area contributed by atoms with Crippen LogP contribution in [0.1, 0.15) is 13.0 Å². The van der Waals surface area contributed by atoms with E-state index in [4.69, 9.17) is 0 Å². The minimum atomic E-state index is -0.865. The number of esters is 1. The molecule has 2 aromatic rings. The van der Waals surface area contributed by atoms with Gasteiger partial charge in [0.1, 0.15) is 0 Å². The van der Waals surface area contributed by atoms with Crippen molar-refractivity contribution in [1.82, 2.24) is 9.78 Å². The second kappa shape index (κ2) is 6.17. The van der Waals surface area contributed by atoms with Crippen LogP contribution in [0.15, 0.2) is 41.2 Å². The maximum Gasteiger partial charge on any atom is 0.330 e. The van der Waals surface area contributed by atoms with Crippen LogP contribution in [0.3, 0.4) is 0 Å². The molecule has 1 aromatic carbocycles. The van der Waals surface area contributed by atoms with Gasteiger partial charge in [-0.25, -0.2) is 9.48 Å². The fourth-order valence-corrected chi connectivity index (χ4v) is 1.88. The van der Waals surface area contributed by atoms with E-state index in [9.17, 15) is 19.7 Å². The van der Waals surface area contributed by atoms with Crippen LogP contribution in [0.2, 0.25) is 0 Å². The number of nitrogens with zero attached hydrogens (tertiary/aromatic N) is 3. The van der Waals surface area contributed by atoms with Crippen molar-refractivity contribution in [3.63, 3.8) is 0 Å². The molecule has 2 rings (SSSR count). The summed E-state index contributed by atoms with van der Waals surface area (Å²) < 4.78 is 5.61. The SMILES string of the molecule is COC(=O)[C@@H](C)n1nc(-c2ccc([N+](=O)[O-])cc2)ccc1=O. The Labute approximate surface area is 125 Å². The molecule has 0 aliphatic heterocycles. The summed E-state index contributed by atoms with van der Waals surface area (Å²) in [6, 6.07) is 7.64. The molecule has 0 bridgehead atoms. The Hall–Kier alpha value is -3.03. The standard InChI is InChI=1S/C14H13N3O5/c1-9(14(19)22-2)16-13(18)8-7-12(15-16)10-3-5-11(6-4-10)17(20)21/h3-9H,1-2H3/t9-/m1/s1. The molecule has 0 unspecified atom stereocenters. The lowest BCUT2D eigenvalue weighted by molar-refractivity contribution is -0.384. The second-order valence-electron chi connectivity index (χ2n) is 4.50. The van der Waals surface area contributed by atoms with Crippen LogP contribution in [0.25, 0.3) is 11.3 Å². The first-order valence-electron chi connectivity index (χ1n) is 6.36. The molecule has 0 N–H and O–H groups in total. The highest BCUT2D eigenvalue weighted by Crippen LogP contribution is 2.20. The van der Waals surface area contributed by atoms with E-state index < -0.39 is 22.5 Å². The monoisotopic (exact) mass is 303 g/mol. The quantitative estimate of drug-likeness (QED) is 0.482. The normalized spacial score (nSPS) is 11.7. The smallest absolute Gasteiger partial charge is 0.330 e. The van der Waals surface area contributed by atoms with Gasteiger partial charge >= 0.3 is 5.97 Å². The van der Waals surface area contributed by atoms with Crippen molar-refractivity contribution in [2.24, 2.45) is 0 Å². The summed E-state index contributed by atoms with van der Waals surface area (Å²) in [5.41, 5.74) is 0.533. The van der Waals surface area contributed by atoms with Crippen molar-refractivity contribution in [2.45, 2.75) is 13.0 Å². The Morgan fingerprint density at radius 2 is 1.91 bits per heavy atom. The average molecular weight is 303 g/mol. The van der Waals surface area contributed by atoms with Crippen LogP contribution in [-0.2, 0) is 9.53 Å². The van der Waals surface area contributed by atoms with Crippen molar-refractivity contribution in [3.05, 3.63) is 56.9 Å². The molecule has 0 aliphatic rings. The zero-order chi connectivity index (χ0) is 16.3. The number of carbonyl (C=O) groups excluding carboxylic acids is 1. The van der Waals surface area contributed by atoms with Crippen molar-refractivity contribution in [3.8, 4) is 11.3 Å². The van der Waals surface area contributed by atoms with Gasteiger partial charge in [-0.15, -0.1) is 0 Å². The predicted octanol–water partition coefficient (Wildman–Crippen LogP) is 1.55. The lowest BCUT2D eigenvalue weighted by Gasteiger charge is -2.12. The number of nitro groups is 1. The molecule has 114 valence electrons. The van der Waals surface area contributed by atoms with Crippen LogP contribution in [0, 0.1) is 10.1 Å². The first kappa shape index (κ1) is 15.4. The molecule has 22 heavy (non-hydrogen) atoms. The van der Waals surface area contributed by atoms with Gasteiger partial charge in [-0.3, -0.25) is 14.9 Å². The molecule has 0 spiro atoms. The number of methoxy groups -OCH3 is 1. The van der Waals surface area contributed by atoms with E-state index in [1.54, 1.807) is 0 Å². The molecule has 0 saturated carbocycles. The summed E-state index contributed by atoms with van der Waals surface area (Å²) in [5.74, 6) is -0.588. The van der Waals surface area contributed by atoms with Crippen molar-refractivity contribution in [1.29, 1.82) is 0 Å². The number of non-ortho nitro benzene ring substituents is 1. The van der Waals surface area contributed by atoms with Crippen LogP contribution >= 0.6 is 0 Å². The Morgan fingerprint density at radius 1 is 1.27 bits per heavy atom. The van der Waals surface area contributed by atoms with E-state index in [-0.39, 0.29) is 5.69 Å². The number of benzene rings is 1. The number of carbonyl (C=O) groups is 1. The molecule has 0 aliphatic carbocycles. The summed E-state index contributed by atoms with van der Waals surface area (Å²) in [7, 11) is 1.23. The zero-order valence-electron chi connectivity index (χ0n) is 11.9. The summed E-state index contributed by atoms with van der Waals surface area (Å²) in [4.78, 5) is 33.5. The van der Waals surface area contributed by atoms with E-state index in [0.29, 0.717) is 11.3 Å². The molecule has 1 aromatic heterocycles. The van der Waals surface area contributed by atoms with Gasteiger partial charge in [-0.2, -0.15) is 5.10 Å². The first-order chi connectivity index (χ1) is 10.4. The van der Waals surface area contributed by atoms with E-state index in [1.165, 1.54) is 50.4 Å². The zero-order valence-corrected chi connectivity index (χ0v) is 11.9. The number of aromatic nitrogens is 2. The van der Waals surface area contributed by atoms with Crippen LogP contribution < -0.4 is 5.56 Å². The van der Waals surface area contributed by atoms with Gasteiger partial charge in [0.25, 0.3) is 11.2 Å². The fraction of sp³-hybridized carbons (Fsp3) is 0.214. The number of nitro benzene ring substituents is 1. The van der Waals surface area contributed by atoms with Gasteiger partial charge in [-0.1, -0.05) is 0 Å². The number of rotatable bonds is 4. The van der Waals surface area contributed by atoms with Gasteiger partial charge in [0, 0.05) is 23.8 Å². The summed E-state index contributed by atoms with van der Waals surface area (Å²) in [6.07, 6.45) is 0. The Morgan fingerprint density at radius 3 is 2.45 bits per heavy atom. The molecular weight excluding hydrogens is 290 g/mol. The molecule has 0 fully saturated rings. The van der Waals surface area contributed by atoms with Gasteiger partial charge < -0.3 is 4.74 Å². The highest BCUT2D eigenvalue weighted by molar-refractivity contribution is 5.73. The third-order valence-corrected chi connectivity index (χ3v) is 3.11. The van der Waals surface area contributed by atoms with Gasteiger partial charge in [0.2, 0.25) is 0 Å². The molecule has 8 nitrogen and oxygen atoms in total. The summed E-state index contributed by atoms with van der Waals surface area (Å²) in [6.45, 7) is 1.50. The lowest BCUT2D eigenvalue weighted by Crippen LogP contribution is -2.30. The van der Waals surface area contributed by atoms with Crippen molar-refractivity contribution < 1.29 is 14.5 Å². The molecule has 0 radical (unpaired) electrons. The molecule has 1 heterocycles. The average Bonchev–Trinajstić information content (AvgIpc) is 2.54. The van der Waals surface area contributed by atoms with Crippen molar-refractivity contribution >= 4 is 11.7 Å². The minimum absolute atomic E-state index is 0.0417. The van der Waals surface area contributed by atoms with E-state index in [2.05, 4.69) is 9.84 Å². The van der Waals surface area contributed by atoms with Gasteiger partial charge in [0.05, 0.1) is 17.7 Å². The second-order valence-corrected chi connectivity index (χ2v) is 4.50. The highest BCUT2D eigenvalue weighted by atomic mass is 16.6. The summed E-state index contributed by atoms with van der Waals surface area (Å²) >= 11 is 0. The molecule has 8 heteroatoms. The maximum atomic E-state index is 11.8. The predicted molar refractivity (Wildman–Crippen MR) is 77.3 cm³/mol. The van der Waals surface area contributed by atoms with E-state index >= 15 is 0 Å². The summed E-state index contributed by atoms with van der Waals surface area (Å²) in [5, 5.41) is 14.8. The third kappa shape index (κ3) is 3.00. The first-order valence-corrected chi connectivity index (χ1v) is 6.36. The number of ether oxygens (including phenoxy) is 1. The van der Waals surface area contributed by atoms with Crippen molar-refractivity contribution in [2.75, 3.05) is 7.11 Å². The Balaban J connectivity index is 2.43. The lowest BCUT2D eigenvalue weighted by atomic mass is 10.1. The largest absolute Gasteiger partial charge is 0.467 e. The number of hydrogen-bond donors (Lipinski definition) is 0. The molecular formula is C14H13N3O5. The fourth-order valence-electron chi connectivity index (χ4n) is 1.88. The molecule has 0 saturated heterocycles. The van der Waals surface area contributed by atoms with Crippen LogP contribution in [0.4, 0.5) is 5.69 Å². The van der Waals surface area contributed by atoms with Crippen LogP contribution in [-0.4, -0.2) is 27.8 Å². The Bertz CT molecular complexity index is 767. The molecule has 0 amide bonds. The van der Waals surface area contributed by atoms with Gasteiger partial charge in [0.15, 0.2) is 6.04 Å². The van der Waals surface area contributed by atoms with Crippen LogP contribution in [0.5, 0.6) is 0 Å².